The number of rotatable bonds is 4. The highest BCUT2D eigenvalue weighted by atomic mass is 35.5. The van der Waals surface area contributed by atoms with Gasteiger partial charge in [0.15, 0.2) is 0 Å². The Balaban J connectivity index is 1.56. The summed E-state index contributed by atoms with van der Waals surface area (Å²) in [6, 6.07) is 17.5. The Labute approximate surface area is 147 Å². The summed E-state index contributed by atoms with van der Waals surface area (Å²) in [6.07, 6.45) is 2.31. The molecule has 0 unspecified atom stereocenters. The lowest BCUT2D eigenvalue weighted by Gasteiger charge is -2.39. The summed E-state index contributed by atoms with van der Waals surface area (Å²) in [5, 5.41) is 11.5. The van der Waals surface area contributed by atoms with Crippen molar-refractivity contribution in [3.8, 4) is 0 Å². The maximum Gasteiger partial charge on any atom is 0.222 e. The average Bonchev–Trinajstić information content (AvgIpc) is 2.61. The normalized spacial score (nSPS) is 16.8. The van der Waals surface area contributed by atoms with Crippen LogP contribution in [-0.4, -0.2) is 29.0 Å². The molecular weight excluding hydrogens is 322 g/mol. The second-order valence-corrected chi connectivity index (χ2v) is 6.79. The van der Waals surface area contributed by atoms with Gasteiger partial charge in [-0.15, -0.1) is 0 Å². The van der Waals surface area contributed by atoms with Crippen molar-refractivity contribution in [2.75, 3.05) is 13.1 Å². The highest BCUT2D eigenvalue weighted by Crippen LogP contribution is 2.36. The number of carbonyl (C=O) groups is 1. The Morgan fingerprint density at radius 3 is 2.33 bits per heavy atom. The first-order chi connectivity index (χ1) is 11.6. The van der Waals surface area contributed by atoms with Crippen LogP contribution in [0.2, 0.25) is 5.02 Å². The van der Waals surface area contributed by atoms with E-state index in [2.05, 4.69) is 0 Å². The Hall–Kier alpha value is -1.84. The number of aliphatic hydroxyl groups is 1. The molecule has 1 fully saturated rings. The zero-order chi connectivity index (χ0) is 17.0. The smallest absolute Gasteiger partial charge is 0.222 e. The maximum atomic E-state index is 12.4. The lowest BCUT2D eigenvalue weighted by Crippen LogP contribution is -2.45. The van der Waals surface area contributed by atoms with Crippen molar-refractivity contribution in [3.63, 3.8) is 0 Å². The second-order valence-electron chi connectivity index (χ2n) is 6.38. The van der Waals surface area contributed by atoms with Crippen molar-refractivity contribution in [2.45, 2.75) is 31.3 Å². The zero-order valence-corrected chi connectivity index (χ0v) is 14.4. The predicted molar refractivity (Wildman–Crippen MR) is 95.9 cm³/mol. The van der Waals surface area contributed by atoms with Gasteiger partial charge < -0.3 is 10.0 Å². The lowest BCUT2D eigenvalue weighted by molar-refractivity contribution is -0.135. The standard InChI is InChI=1S/C20H22ClNO2/c21-18-9-5-4-8-17(18)20(24)12-14-22(15-13-20)19(23)11-10-16-6-2-1-3-7-16/h1-9,24H,10-15H2. The van der Waals surface area contributed by atoms with E-state index in [-0.39, 0.29) is 5.91 Å². The molecule has 4 heteroatoms. The maximum absolute atomic E-state index is 12.4. The number of nitrogens with zero attached hydrogens (tertiary/aromatic N) is 1. The molecule has 3 rings (SSSR count). The summed E-state index contributed by atoms with van der Waals surface area (Å²) in [7, 11) is 0. The molecule has 1 aliphatic rings. The van der Waals surface area contributed by atoms with Crippen LogP contribution in [0.4, 0.5) is 0 Å². The largest absolute Gasteiger partial charge is 0.385 e. The SMILES string of the molecule is O=C(CCc1ccccc1)N1CCC(O)(c2ccccc2Cl)CC1. The summed E-state index contributed by atoms with van der Waals surface area (Å²) in [6.45, 7) is 1.13. The van der Waals surface area contributed by atoms with Crippen molar-refractivity contribution in [1.82, 2.24) is 4.90 Å². The van der Waals surface area contributed by atoms with Gasteiger partial charge in [0.2, 0.25) is 5.91 Å². The molecule has 0 aromatic heterocycles. The monoisotopic (exact) mass is 343 g/mol. The fourth-order valence-electron chi connectivity index (χ4n) is 3.29. The fourth-order valence-corrected chi connectivity index (χ4v) is 3.60. The summed E-state index contributed by atoms with van der Waals surface area (Å²) in [5.74, 6) is 0.153. The van der Waals surface area contributed by atoms with Gasteiger partial charge in [-0.2, -0.15) is 0 Å². The van der Waals surface area contributed by atoms with E-state index >= 15 is 0 Å². The molecule has 126 valence electrons. The zero-order valence-electron chi connectivity index (χ0n) is 13.6. The average molecular weight is 344 g/mol. The van der Waals surface area contributed by atoms with Gasteiger partial charge in [0.1, 0.15) is 0 Å². The van der Waals surface area contributed by atoms with Gasteiger partial charge in [-0.3, -0.25) is 4.79 Å². The Morgan fingerprint density at radius 2 is 1.67 bits per heavy atom. The van der Waals surface area contributed by atoms with Crippen LogP contribution in [0, 0.1) is 0 Å². The number of aryl methyl sites for hydroxylation is 1. The van der Waals surface area contributed by atoms with Crippen LogP contribution >= 0.6 is 11.6 Å². The molecule has 0 spiro atoms. The van der Waals surface area contributed by atoms with E-state index in [0.29, 0.717) is 37.4 Å². The van der Waals surface area contributed by atoms with E-state index in [9.17, 15) is 9.90 Å². The molecule has 24 heavy (non-hydrogen) atoms. The van der Waals surface area contributed by atoms with Crippen molar-refractivity contribution < 1.29 is 9.90 Å². The number of amides is 1. The van der Waals surface area contributed by atoms with Crippen LogP contribution in [0.5, 0.6) is 0 Å². The number of benzene rings is 2. The van der Waals surface area contributed by atoms with E-state index in [1.54, 1.807) is 6.07 Å². The van der Waals surface area contributed by atoms with Crippen molar-refractivity contribution >= 4 is 17.5 Å². The summed E-state index contributed by atoms with van der Waals surface area (Å²) in [5.41, 5.74) is 1.01. The molecule has 0 aliphatic carbocycles. The first-order valence-corrected chi connectivity index (χ1v) is 8.75. The van der Waals surface area contributed by atoms with Gasteiger partial charge in [0.05, 0.1) is 5.60 Å². The molecule has 1 aliphatic heterocycles. The Bertz CT molecular complexity index is 694. The van der Waals surface area contributed by atoms with Gasteiger partial charge in [0.25, 0.3) is 0 Å². The van der Waals surface area contributed by atoms with E-state index in [1.165, 1.54) is 5.56 Å². The topological polar surface area (TPSA) is 40.5 Å². The second kappa shape index (κ2) is 7.37. The summed E-state index contributed by atoms with van der Waals surface area (Å²) < 4.78 is 0. The van der Waals surface area contributed by atoms with Crippen LogP contribution in [-0.2, 0) is 16.8 Å². The number of piperidine rings is 1. The molecule has 1 amide bonds. The Morgan fingerprint density at radius 1 is 1.04 bits per heavy atom. The molecule has 0 bridgehead atoms. The molecule has 1 N–H and O–H groups in total. The molecule has 2 aromatic rings. The first kappa shape index (κ1) is 17.0. The third-order valence-corrected chi connectivity index (χ3v) is 5.12. The van der Waals surface area contributed by atoms with E-state index in [0.717, 1.165) is 12.0 Å². The van der Waals surface area contributed by atoms with E-state index in [4.69, 9.17) is 11.6 Å². The molecule has 0 radical (unpaired) electrons. The van der Waals surface area contributed by atoms with Gasteiger partial charge >= 0.3 is 0 Å². The van der Waals surface area contributed by atoms with Crippen LogP contribution in [0.25, 0.3) is 0 Å². The van der Waals surface area contributed by atoms with Crippen LogP contribution in [0.1, 0.15) is 30.4 Å². The number of hydrogen-bond acceptors (Lipinski definition) is 2. The predicted octanol–water partition coefficient (Wildman–Crippen LogP) is 3.78. The summed E-state index contributed by atoms with van der Waals surface area (Å²) in [4.78, 5) is 14.3. The number of hydrogen-bond donors (Lipinski definition) is 1. The summed E-state index contributed by atoms with van der Waals surface area (Å²) >= 11 is 6.22. The van der Waals surface area contributed by atoms with Crippen molar-refractivity contribution in [1.29, 1.82) is 0 Å². The van der Waals surface area contributed by atoms with Gasteiger partial charge in [-0.05, 0) is 30.9 Å². The molecule has 1 saturated heterocycles. The van der Waals surface area contributed by atoms with E-state index < -0.39 is 5.60 Å². The molecule has 2 aromatic carbocycles. The molecule has 1 heterocycles. The van der Waals surface area contributed by atoms with Gasteiger partial charge in [-0.25, -0.2) is 0 Å². The minimum atomic E-state index is -0.936. The number of likely N-dealkylation sites (tertiary alicyclic amines) is 1. The van der Waals surface area contributed by atoms with Crippen LogP contribution in [0.15, 0.2) is 54.6 Å². The molecule has 3 nitrogen and oxygen atoms in total. The highest BCUT2D eigenvalue weighted by Gasteiger charge is 2.36. The van der Waals surface area contributed by atoms with Crippen LogP contribution in [0.3, 0.4) is 0 Å². The van der Waals surface area contributed by atoms with Gasteiger partial charge in [-0.1, -0.05) is 60.1 Å². The minimum absolute atomic E-state index is 0.153. The highest BCUT2D eigenvalue weighted by molar-refractivity contribution is 6.31. The van der Waals surface area contributed by atoms with Crippen molar-refractivity contribution in [3.05, 3.63) is 70.7 Å². The number of carbonyl (C=O) groups excluding carboxylic acids is 1. The molecule has 0 saturated carbocycles. The quantitative estimate of drug-likeness (QED) is 0.917. The third kappa shape index (κ3) is 3.80. The lowest BCUT2D eigenvalue weighted by atomic mass is 9.84. The third-order valence-electron chi connectivity index (χ3n) is 4.79. The number of halogens is 1. The van der Waals surface area contributed by atoms with Crippen LogP contribution < -0.4 is 0 Å². The van der Waals surface area contributed by atoms with Gasteiger partial charge in [0, 0.05) is 30.1 Å². The Kier molecular flexibility index (Phi) is 5.22. The first-order valence-electron chi connectivity index (χ1n) is 8.38. The van der Waals surface area contributed by atoms with E-state index in [1.807, 2.05) is 53.4 Å². The molecular formula is C20H22ClNO2. The van der Waals surface area contributed by atoms with Crippen molar-refractivity contribution in [2.24, 2.45) is 0 Å². The minimum Gasteiger partial charge on any atom is -0.385 e. The fraction of sp³-hybridized carbons (Fsp3) is 0.350. The molecule has 0 atom stereocenters.